The van der Waals surface area contributed by atoms with Crippen molar-refractivity contribution in [2.45, 2.75) is 20.4 Å². The molecule has 20 heavy (non-hydrogen) atoms. The van der Waals surface area contributed by atoms with Gasteiger partial charge in [-0.15, -0.1) is 0 Å². The van der Waals surface area contributed by atoms with E-state index in [4.69, 9.17) is 11.6 Å². The summed E-state index contributed by atoms with van der Waals surface area (Å²) in [5, 5.41) is 4.89. The van der Waals surface area contributed by atoms with Gasteiger partial charge in [0.05, 0.1) is 11.6 Å². The van der Waals surface area contributed by atoms with E-state index in [1.165, 1.54) is 0 Å². The van der Waals surface area contributed by atoms with Crippen LogP contribution in [0.3, 0.4) is 0 Å². The summed E-state index contributed by atoms with van der Waals surface area (Å²) in [6.45, 7) is 6.33. The Morgan fingerprint density at radius 2 is 2.00 bits per heavy atom. The number of aromatic amines is 1. The Morgan fingerprint density at radius 1 is 1.30 bits per heavy atom. The molecule has 5 heteroatoms. The second-order valence-corrected chi connectivity index (χ2v) is 5.01. The summed E-state index contributed by atoms with van der Waals surface area (Å²) >= 11 is 6.32. The van der Waals surface area contributed by atoms with Gasteiger partial charge in [0.2, 0.25) is 5.91 Å². The van der Waals surface area contributed by atoms with Crippen LogP contribution in [0.4, 0.5) is 0 Å². The SMILES string of the molecule is CCN(CC)C(=O)CNCc1[nH]c2ccccc2c1Cl. The van der Waals surface area contributed by atoms with Crippen molar-refractivity contribution in [3.8, 4) is 0 Å². The van der Waals surface area contributed by atoms with E-state index in [-0.39, 0.29) is 5.91 Å². The molecule has 2 N–H and O–H groups in total. The van der Waals surface area contributed by atoms with Crippen LogP contribution in [-0.4, -0.2) is 35.4 Å². The van der Waals surface area contributed by atoms with Crippen LogP contribution in [0.1, 0.15) is 19.5 Å². The topological polar surface area (TPSA) is 48.1 Å². The second-order valence-electron chi connectivity index (χ2n) is 4.63. The summed E-state index contributed by atoms with van der Waals surface area (Å²) in [4.78, 5) is 17.0. The van der Waals surface area contributed by atoms with E-state index in [1.807, 2.05) is 38.1 Å². The van der Waals surface area contributed by atoms with Gasteiger partial charge in [0.15, 0.2) is 0 Å². The predicted octanol–water partition coefficient (Wildman–Crippen LogP) is 2.78. The first kappa shape index (κ1) is 14.9. The average Bonchev–Trinajstić information content (AvgIpc) is 2.78. The number of likely N-dealkylation sites (N-methyl/N-ethyl adjacent to an activating group) is 1. The Morgan fingerprint density at radius 3 is 2.65 bits per heavy atom. The van der Waals surface area contributed by atoms with Crippen LogP contribution >= 0.6 is 11.6 Å². The largest absolute Gasteiger partial charge is 0.356 e. The van der Waals surface area contributed by atoms with Gasteiger partial charge >= 0.3 is 0 Å². The van der Waals surface area contributed by atoms with Gasteiger partial charge in [-0.25, -0.2) is 0 Å². The number of carbonyl (C=O) groups excluding carboxylic acids is 1. The number of para-hydroxylation sites is 1. The minimum atomic E-state index is 0.113. The van der Waals surface area contributed by atoms with Crippen LogP contribution in [0, 0.1) is 0 Å². The first-order valence-electron chi connectivity index (χ1n) is 6.90. The lowest BCUT2D eigenvalue weighted by Gasteiger charge is -2.18. The fraction of sp³-hybridized carbons (Fsp3) is 0.400. The number of nitrogens with one attached hydrogen (secondary N) is 2. The predicted molar refractivity (Wildman–Crippen MR) is 82.9 cm³/mol. The number of hydrogen-bond donors (Lipinski definition) is 2. The van der Waals surface area contributed by atoms with Crippen molar-refractivity contribution in [1.82, 2.24) is 15.2 Å². The smallest absolute Gasteiger partial charge is 0.236 e. The normalized spacial score (nSPS) is 10.9. The number of halogens is 1. The molecular formula is C15H20ClN3O. The number of carbonyl (C=O) groups is 1. The van der Waals surface area contributed by atoms with E-state index in [2.05, 4.69) is 10.3 Å². The standard InChI is InChI=1S/C15H20ClN3O/c1-3-19(4-2)14(20)10-17-9-13-15(16)11-7-5-6-8-12(11)18-13/h5-8,17-18H,3-4,9-10H2,1-2H3. The Balaban J connectivity index is 1.96. The molecule has 4 nitrogen and oxygen atoms in total. The van der Waals surface area contributed by atoms with Crippen molar-refractivity contribution >= 4 is 28.4 Å². The Hall–Kier alpha value is -1.52. The molecule has 0 radical (unpaired) electrons. The molecule has 0 unspecified atom stereocenters. The van der Waals surface area contributed by atoms with E-state index in [0.717, 1.165) is 34.7 Å². The van der Waals surface area contributed by atoms with Gasteiger partial charge in [0.25, 0.3) is 0 Å². The minimum absolute atomic E-state index is 0.113. The molecule has 1 aromatic heterocycles. The van der Waals surface area contributed by atoms with Crippen LogP contribution in [0.2, 0.25) is 5.02 Å². The summed E-state index contributed by atoms with van der Waals surface area (Å²) in [7, 11) is 0. The molecule has 0 saturated heterocycles. The lowest BCUT2D eigenvalue weighted by molar-refractivity contribution is -0.129. The van der Waals surface area contributed by atoms with Crippen LogP contribution in [0.5, 0.6) is 0 Å². The zero-order chi connectivity index (χ0) is 14.5. The van der Waals surface area contributed by atoms with Crippen molar-refractivity contribution in [3.05, 3.63) is 35.0 Å². The molecule has 2 aromatic rings. The summed E-state index contributed by atoms with van der Waals surface area (Å²) in [5.41, 5.74) is 1.93. The van der Waals surface area contributed by atoms with Gasteiger partial charge in [-0.2, -0.15) is 0 Å². The Bertz CT molecular complexity index is 590. The van der Waals surface area contributed by atoms with Crippen molar-refractivity contribution in [3.63, 3.8) is 0 Å². The van der Waals surface area contributed by atoms with E-state index < -0.39 is 0 Å². The van der Waals surface area contributed by atoms with Gasteiger partial charge in [0, 0.05) is 36.2 Å². The summed E-state index contributed by atoms with van der Waals surface area (Å²) in [6.07, 6.45) is 0. The van der Waals surface area contributed by atoms with Gasteiger partial charge in [-0.05, 0) is 19.9 Å². The molecule has 0 aliphatic rings. The van der Waals surface area contributed by atoms with Gasteiger partial charge < -0.3 is 15.2 Å². The summed E-state index contributed by atoms with van der Waals surface area (Å²) < 4.78 is 0. The molecular weight excluding hydrogens is 274 g/mol. The maximum Gasteiger partial charge on any atom is 0.236 e. The third kappa shape index (κ3) is 3.14. The molecule has 108 valence electrons. The monoisotopic (exact) mass is 293 g/mol. The Labute approximate surface area is 124 Å². The lowest BCUT2D eigenvalue weighted by Crippen LogP contribution is -2.37. The quantitative estimate of drug-likeness (QED) is 0.860. The highest BCUT2D eigenvalue weighted by molar-refractivity contribution is 6.36. The maximum absolute atomic E-state index is 11.9. The van der Waals surface area contributed by atoms with Crippen LogP contribution in [0.25, 0.3) is 10.9 Å². The minimum Gasteiger partial charge on any atom is -0.356 e. The van der Waals surface area contributed by atoms with E-state index >= 15 is 0 Å². The number of rotatable bonds is 6. The molecule has 1 heterocycles. The summed E-state index contributed by atoms with van der Waals surface area (Å²) in [5.74, 6) is 0.113. The average molecular weight is 294 g/mol. The number of benzene rings is 1. The van der Waals surface area contributed by atoms with Crippen LogP contribution < -0.4 is 5.32 Å². The highest BCUT2D eigenvalue weighted by Crippen LogP contribution is 2.26. The van der Waals surface area contributed by atoms with Crippen LogP contribution in [0.15, 0.2) is 24.3 Å². The Kier molecular flexibility index (Phi) is 5.04. The van der Waals surface area contributed by atoms with Crippen molar-refractivity contribution in [2.75, 3.05) is 19.6 Å². The molecule has 1 aromatic carbocycles. The van der Waals surface area contributed by atoms with Crippen molar-refractivity contribution in [2.24, 2.45) is 0 Å². The third-order valence-electron chi connectivity index (χ3n) is 3.41. The number of hydrogen-bond acceptors (Lipinski definition) is 2. The molecule has 0 aliphatic heterocycles. The number of nitrogens with zero attached hydrogens (tertiary/aromatic N) is 1. The van der Waals surface area contributed by atoms with Crippen molar-refractivity contribution in [1.29, 1.82) is 0 Å². The fourth-order valence-corrected chi connectivity index (χ4v) is 2.55. The second kappa shape index (κ2) is 6.77. The fourth-order valence-electron chi connectivity index (χ4n) is 2.27. The zero-order valence-corrected chi connectivity index (χ0v) is 12.6. The van der Waals surface area contributed by atoms with Gasteiger partial charge in [0.1, 0.15) is 0 Å². The van der Waals surface area contributed by atoms with E-state index in [9.17, 15) is 4.79 Å². The molecule has 0 aliphatic carbocycles. The first-order chi connectivity index (χ1) is 9.67. The number of H-pyrrole nitrogens is 1. The van der Waals surface area contributed by atoms with Crippen molar-refractivity contribution < 1.29 is 4.79 Å². The zero-order valence-electron chi connectivity index (χ0n) is 11.9. The summed E-state index contributed by atoms with van der Waals surface area (Å²) in [6, 6.07) is 7.91. The molecule has 2 rings (SSSR count). The van der Waals surface area contributed by atoms with E-state index in [0.29, 0.717) is 13.1 Å². The highest BCUT2D eigenvalue weighted by atomic mass is 35.5. The molecule has 0 bridgehead atoms. The molecule has 0 spiro atoms. The first-order valence-corrected chi connectivity index (χ1v) is 7.28. The number of aromatic nitrogens is 1. The molecule has 0 atom stereocenters. The van der Waals surface area contributed by atoms with Gasteiger partial charge in [-0.3, -0.25) is 4.79 Å². The number of fused-ring (bicyclic) bond motifs is 1. The molecule has 0 fully saturated rings. The van der Waals surface area contributed by atoms with Gasteiger partial charge in [-0.1, -0.05) is 29.8 Å². The lowest BCUT2D eigenvalue weighted by atomic mass is 10.2. The molecule has 1 amide bonds. The number of amides is 1. The highest BCUT2D eigenvalue weighted by Gasteiger charge is 2.11. The van der Waals surface area contributed by atoms with E-state index in [1.54, 1.807) is 4.90 Å². The van der Waals surface area contributed by atoms with Crippen LogP contribution in [-0.2, 0) is 11.3 Å². The maximum atomic E-state index is 11.9. The third-order valence-corrected chi connectivity index (χ3v) is 3.84. The molecule has 0 saturated carbocycles.